The Kier molecular flexibility index (Phi) is 4.63. The fourth-order valence-corrected chi connectivity index (χ4v) is 3.32. The minimum Gasteiger partial charge on any atom is -0.496 e. The van der Waals surface area contributed by atoms with Crippen LogP contribution >= 0.6 is 0 Å². The molecular formula is C22H19N3O2. The number of nitriles is 1. The number of benzene rings is 2. The van der Waals surface area contributed by atoms with E-state index in [0.29, 0.717) is 17.5 Å². The number of aromatic nitrogens is 1. The van der Waals surface area contributed by atoms with E-state index in [1.165, 1.54) is 11.1 Å². The van der Waals surface area contributed by atoms with Crippen molar-refractivity contribution in [2.45, 2.75) is 13.0 Å². The summed E-state index contributed by atoms with van der Waals surface area (Å²) in [5.74, 6) is 1.71. The Balaban J connectivity index is 1.60. The Bertz CT molecular complexity index is 1030. The molecule has 0 saturated heterocycles. The maximum atomic E-state index is 9.48. The molecule has 0 unspecified atom stereocenters. The zero-order chi connectivity index (χ0) is 18.6. The summed E-state index contributed by atoms with van der Waals surface area (Å²) in [6.45, 7) is 1.52. The van der Waals surface area contributed by atoms with E-state index in [-0.39, 0.29) is 0 Å². The molecule has 0 aliphatic carbocycles. The van der Waals surface area contributed by atoms with E-state index >= 15 is 0 Å². The maximum absolute atomic E-state index is 9.48. The number of hydrogen-bond acceptors (Lipinski definition) is 5. The zero-order valence-corrected chi connectivity index (χ0v) is 15.1. The molecule has 1 aliphatic rings. The first-order valence-electron chi connectivity index (χ1n) is 8.82. The van der Waals surface area contributed by atoms with E-state index in [2.05, 4.69) is 34.2 Å². The van der Waals surface area contributed by atoms with Gasteiger partial charge in [0.2, 0.25) is 17.5 Å². The topological polar surface area (TPSA) is 62.3 Å². The van der Waals surface area contributed by atoms with Gasteiger partial charge in [-0.1, -0.05) is 42.5 Å². The summed E-state index contributed by atoms with van der Waals surface area (Å²) < 4.78 is 11.3. The second kappa shape index (κ2) is 7.38. The predicted octanol–water partition coefficient (Wildman–Crippen LogP) is 4.29. The number of ether oxygens (including phenoxy) is 1. The monoisotopic (exact) mass is 357 g/mol. The molecule has 134 valence electrons. The summed E-state index contributed by atoms with van der Waals surface area (Å²) in [6.07, 6.45) is 4.56. The zero-order valence-electron chi connectivity index (χ0n) is 15.1. The first kappa shape index (κ1) is 16.9. The van der Waals surface area contributed by atoms with Crippen LogP contribution in [0.2, 0.25) is 0 Å². The number of fused-ring (bicyclic) bond motifs is 1. The standard InChI is InChI=1S/C22H19N3O2/c1-26-20-9-5-4-7-17(20)10-11-21-24-19(14-23)22(27-21)25-13-12-16-6-2-3-8-18(16)15-25/h2-11H,12-13,15H2,1H3. The summed E-state index contributed by atoms with van der Waals surface area (Å²) in [5.41, 5.74) is 3.84. The molecule has 0 bridgehead atoms. The van der Waals surface area contributed by atoms with Crippen LogP contribution in [0, 0.1) is 11.3 Å². The lowest BCUT2D eigenvalue weighted by Crippen LogP contribution is -2.30. The molecule has 3 aromatic rings. The van der Waals surface area contributed by atoms with Crippen LogP contribution in [-0.2, 0) is 13.0 Å². The SMILES string of the molecule is COc1ccccc1C=Cc1nc(C#N)c(N2CCc3ccccc3C2)o1. The maximum Gasteiger partial charge on any atom is 0.235 e. The summed E-state index contributed by atoms with van der Waals surface area (Å²) in [7, 11) is 1.64. The van der Waals surface area contributed by atoms with Crippen molar-refractivity contribution in [2.24, 2.45) is 0 Å². The van der Waals surface area contributed by atoms with Crippen LogP contribution in [0.25, 0.3) is 12.2 Å². The third kappa shape index (κ3) is 3.42. The predicted molar refractivity (Wildman–Crippen MR) is 104 cm³/mol. The number of para-hydroxylation sites is 1. The van der Waals surface area contributed by atoms with Gasteiger partial charge in [-0.2, -0.15) is 10.2 Å². The van der Waals surface area contributed by atoms with Crippen LogP contribution in [0.5, 0.6) is 5.75 Å². The van der Waals surface area contributed by atoms with Crippen LogP contribution in [0.3, 0.4) is 0 Å². The van der Waals surface area contributed by atoms with Gasteiger partial charge in [0, 0.05) is 24.7 Å². The Morgan fingerprint density at radius 2 is 1.89 bits per heavy atom. The molecule has 1 aromatic heterocycles. The third-order valence-electron chi connectivity index (χ3n) is 4.69. The van der Waals surface area contributed by atoms with Gasteiger partial charge in [0.25, 0.3) is 0 Å². The molecule has 1 aliphatic heterocycles. The Labute approximate surface area is 158 Å². The molecule has 0 atom stereocenters. The van der Waals surface area contributed by atoms with E-state index in [1.54, 1.807) is 13.2 Å². The fraction of sp³-hybridized carbons (Fsp3) is 0.182. The Morgan fingerprint density at radius 1 is 1.11 bits per heavy atom. The van der Waals surface area contributed by atoms with Crippen LogP contribution in [-0.4, -0.2) is 18.6 Å². The lowest BCUT2D eigenvalue weighted by atomic mass is 10.00. The molecule has 0 fully saturated rings. The third-order valence-corrected chi connectivity index (χ3v) is 4.69. The Morgan fingerprint density at radius 3 is 2.70 bits per heavy atom. The highest BCUT2D eigenvalue weighted by Gasteiger charge is 2.23. The van der Waals surface area contributed by atoms with E-state index < -0.39 is 0 Å². The van der Waals surface area contributed by atoms with Crippen molar-refractivity contribution in [2.75, 3.05) is 18.6 Å². The Hall–Kier alpha value is -3.52. The van der Waals surface area contributed by atoms with Crippen molar-refractivity contribution < 1.29 is 9.15 Å². The largest absolute Gasteiger partial charge is 0.496 e. The molecule has 5 nitrogen and oxygen atoms in total. The van der Waals surface area contributed by atoms with Gasteiger partial charge in [0.05, 0.1) is 7.11 Å². The van der Waals surface area contributed by atoms with Gasteiger partial charge >= 0.3 is 0 Å². The second-order valence-corrected chi connectivity index (χ2v) is 6.33. The minimum atomic E-state index is 0.314. The average Bonchev–Trinajstić information content (AvgIpc) is 3.15. The molecule has 0 saturated carbocycles. The molecule has 5 heteroatoms. The second-order valence-electron chi connectivity index (χ2n) is 6.33. The van der Waals surface area contributed by atoms with Gasteiger partial charge < -0.3 is 14.1 Å². The normalized spacial score (nSPS) is 13.4. The number of hydrogen-bond donors (Lipinski definition) is 0. The molecule has 0 N–H and O–H groups in total. The van der Waals surface area contributed by atoms with E-state index in [0.717, 1.165) is 30.8 Å². The highest BCUT2D eigenvalue weighted by Crippen LogP contribution is 2.29. The minimum absolute atomic E-state index is 0.314. The molecule has 2 aromatic carbocycles. The molecule has 0 radical (unpaired) electrons. The van der Waals surface area contributed by atoms with Crippen molar-refractivity contribution in [3.05, 3.63) is 76.8 Å². The van der Waals surface area contributed by atoms with Crippen LogP contribution in [0.15, 0.2) is 52.9 Å². The number of anilines is 1. The summed E-state index contributed by atoms with van der Waals surface area (Å²) in [6, 6.07) is 18.2. The van der Waals surface area contributed by atoms with Crippen LogP contribution in [0.4, 0.5) is 5.88 Å². The van der Waals surface area contributed by atoms with Gasteiger partial charge in [-0.05, 0) is 29.7 Å². The van der Waals surface area contributed by atoms with Crippen molar-refractivity contribution in [3.8, 4) is 11.8 Å². The number of methoxy groups -OCH3 is 1. The number of rotatable bonds is 4. The van der Waals surface area contributed by atoms with Gasteiger partial charge in [-0.15, -0.1) is 0 Å². The lowest BCUT2D eigenvalue weighted by molar-refractivity contribution is 0.414. The highest BCUT2D eigenvalue weighted by atomic mass is 16.5. The van der Waals surface area contributed by atoms with Crippen molar-refractivity contribution >= 4 is 18.0 Å². The summed E-state index contributed by atoms with van der Waals surface area (Å²) >= 11 is 0. The first-order valence-corrected chi connectivity index (χ1v) is 8.82. The molecule has 0 spiro atoms. The number of oxazole rings is 1. The van der Waals surface area contributed by atoms with E-state index in [4.69, 9.17) is 9.15 Å². The van der Waals surface area contributed by atoms with Crippen molar-refractivity contribution in [1.29, 1.82) is 5.26 Å². The molecule has 0 amide bonds. The van der Waals surface area contributed by atoms with Gasteiger partial charge in [0.1, 0.15) is 11.8 Å². The van der Waals surface area contributed by atoms with Gasteiger partial charge in [0.15, 0.2) is 0 Å². The number of nitrogens with zero attached hydrogens (tertiary/aromatic N) is 3. The fourth-order valence-electron chi connectivity index (χ4n) is 3.32. The first-order chi connectivity index (χ1) is 13.3. The van der Waals surface area contributed by atoms with Crippen molar-refractivity contribution in [1.82, 2.24) is 4.98 Å². The van der Waals surface area contributed by atoms with Crippen LogP contribution in [0.1, 0.15) is 28.3 Å². The van der Waals surface area contributed by atoms with Gasteiger partial charge in [-0.25, -0.2) is 0 Å². The molecule has 2 heterocycles. The molecular weight excluding hydrogens is 338 g/mol. The molecule has 4 rings (SSSR count). The average molecular weight is 357 g/mol. The van der Waals surface area contributed by atoms with Crippen molar-refractivity contribution in [3.63, 3.8) is 0 Å². The van der Waals surface area contributed by atoms with E-state index in [1.807, 2.05) is 36.4 Å². The summed E-state index contributed by atoms with van der Waals surface area (Å²) in [4.78, 5) is 6.41. The van der Waals surface area contributed by atoms with Gasteiger partial charge in [-0.3, -0.25) is 0 Å². The lowest BCUT2D eigenvalue weighted by Gasteiger charge is -2.28. The summed E-state index contributed by atoms with van der Waals surface area (Å²) in [5, 5.41) is 9.48. The quantitative estimate of drug-likeness (QED) is 0.697. The molecule has 27 heavy (non-hydrogen) atoms. The smallest absolute Gasteiger partial charge is 0.235 e. The van der Waals surface area contributed by atoms with Crippen LogP contribution < -0.4 is 9.64 Å². The highest BCUT2D eigenvalue weighted by molar-refractivity contribution is 5.70. The van der Waals surface area contributed by atoms with E-state index in [9.17, 15) is 5.26 Å².